The van der Waals surface area contributed by atoms with Crippen molar-refractivity contribution in [1.29, 1.82) is 0 Å². The van der Waals surface area contributed by atoms with Gasteiger partial charge in [-0.3, -0.25) is 14.5 Å². The van der Waals surface area contributed by atoms with Crippen molar-refractivity contribution in [3.8, 4) is 0 Å². The van der Waals surface area contributed by atoms with Crippen LogP contribution in [0.4, 0.5) is 5.00 Å². The number of likely N-dealkylation sites (tertiary alicyclic amines) is 1. The monoisotopic (exact) mass is 453 g/mol. The standard InChI is InChI=1S/C22H35N3O5S/c1-4-17-14-18(22(28)30-6-3)21(31-17)24-19(26)15-25-11-8-16(9-12-25)20(27)23-10-7-13-29-5-2/h14,16H,4-13,15H2,1-3H3,(H,23,27)(H,24,26). The van der Waals surface area contributed by atoms with E-state index in [1.165, 1.54) is 11.3 Å². The Hall–Kier alpha value is -1.97. The van der Waals surface area contributed by atoms with Crippen LogP contribution in [0.2, 0.25) is 0 Å². The van der Waals surface area contributed by atoms with E-state index in [9.17, 15) is 14.4 Å². The van der Waals surface area contributed by atoms with E-state index in [4.69, 9.17) is 9.47 Å². The van der Waals surface area contributed by atoms with Crippen LogP contribution in [-0.2, 0) is 25.5 Å². The van der Waals surface area contributed by atoms with Crippen LogP contribution in [0.1, 0.15) is 55.3 Å². The molecule has 31 heavy (non-hydrogen) atoms. The molecule has 1 aliphatic rings. The number of amides is 2. The zero-order valence-electron chi connectivity index (χ0n) is 18.8. The number of carbonyl (C=O) groups excluding carboxylic acids is 3. The number of hydrogen-bond donors (Lipinski definition) is 2. The van der Waals surface area contributed by atoms with E-state index in [0.29, 0.717) is 50.0 Å². The van der Waals surface area contributed by atoms with Crippen molar-refractivity contribution in [3.05, 3.63) is 16.5 Å². The highest BCUT2D eigenvalue weighted by atomic mass is 32.1. The van der Waals surface area contributed by atoms with Crippen molar-refractivity contribution in [3.63, 3.8) is 0 Å². The van der Waals surface area contributed by atoms with E-state index in [1.54, 1.807) is 13.0 Å². The minimum atomic E-state index is -0.415. The first-order chi connectivity index (χ1) is 15.0. The summed E-state index contributed by atoms with van der Waals surface area (Å²) >= 11 is 1.41. The topological polar surface area (TPSA) is 97.0 Å². The summed E-state index contributed by atoms with van der Waals surface area (Å²) in [4.78, 5) is 40.1. The van der Waals surface area contributed by atoms with Crippen LogP contribution >= 0.6 is 11.3 Å². The van der Waals surface area contributed by atoms with Crippen LogP contribution in [0.5, 0.6) is 0 Å². The Morgan fingerprint density at radius 3 is 2.55 bits per heavy atom. The Balaban J connectivity index is 1.77. The smallest absolute Gasteiger partial charge is 0.341 e. The Morgan fingerprint density at radius 2 is 1.90 bits per heavy atom. The van der Waals surface area contributed by atoms with Gasteiger partial charge < -0.3 is 20.1 Å². The first-order valence-corrected chi connectivity index (χ1v) is 12.0. The Kier molecular flexibility index (Phi) is 11.0. The molecule has 1 saturated heterocycles. The average Bonchev–Trinajstić information content (AvgIpc) is 3.17. The first kappa shape index (κ1) is 25.3. The highest BCUT2D eigenvalue weighted by Crippen LogP contribution is 2.29. The van der Waals surface area contributed by atoms with Crippen molar-refractivity contribution in [1.82, 2.24) is 10.2 Å². The maximum Gasteiger partial charge on any atom is 0.341 e. The fourth-order valence-electron chi connectivity index (χ4n) is 3.47. The van der Waals surface area contributed by atoms with Gasteiger partial charge in [-0.15, -0.1) is 11.3 Å². The lowest BCUT2D eigenvalue weighted by Crippen LogP contribution is -2.43. The van der Waals surface area contributed by atoms with Gasteiger partial charge in [0.15, 0.2) is 0 Å². The number of thiophene rings is 1. The molecule has 8 nitrogen and oxygen atoms in total. The summed E-state index contributed by atoms with van der Waals surface area (Å²) in [5.74, 6) is -0.493. The molecule has 1 aliphatic heterocycles. The van der Waals surface area contributed by atoms with Gasteiger partial charge in [0.1, 0.15) is 5.00 Å². The van der Waals surface area contributed by atoms with Crippen molar-refractivity contribution in [2.75, 3.05) is 51.3 Å². The van der Waals surface area contributed by atoms with E-state index in [2.05, 4.69) is 10.6 Å². The molecule has 2 rings (SSSR count). The van der Waals surface area contributed by atoms with Gasteiger partial charge in [-0.05, 0) is 58.7 Å². The fourth-order valence-corrected chi connectivity index (χ4v) is 4.47. The zero-order chi connectivity index (χ0) is 22.6. The predicted molar refractivity (Wildman–Crippen MR) is 122 cm³/mol. The molecule has 2 N–H and O–H groups in total. The number of esters is 1. The second kappa shape index (κ2) is 13.4. The van der Waals surface area contributed by atoms with E-state index < -0.39 is 5.97 Å². The molecule has 0 aliphatic carbocycles. The van der Waals surface area contributed by atoms with Crippen LogP contribution in [0.3, 0.4) is 0 Å². The summed E-state index contributed by atoms with van der Waals surface area (Å²) in [5.41, 5.74) is 0.414. The third-order valence-electron chi connectivity index (χ3n) is 5.17. The van der Waals surface area contributed by atoms with Gasteiger partial charge >= 0.3 is 5.97 Å². The summed E-state index contributed by atoms with van der Waals surface area (Å²) in [6.45, 7) is 9.62. The maximum absolute atomic E-state index is 12.6. The van der Waals surface area contributed by atoms with Crippen LogP contribution in [0.25, 0.3) is 0 Å². The van der Waals surface area contributed by atoms with Crippen LogP contribution in [-0.4, -0.2) is 68.7 Å². The number of anilines is 1. The molecule has 0 spiro atoms. The number of hydrogen-bond acceptors (Lipinski definition) is 7. The second-order valence-electron chi connectivity index (χ2n) is 7.47. The molecule has 0 bridgehead atoms. The summed E-state index contributed by atoms with van der Waals surface area (Å²) in [6, 6.07) is 1.79. The fraction of sp³-hybridized carbons (Fsp3) is 0.682. The molecule has 174 valence electrons. The normalized spacial score (nSPS) is 14.9. The average molecular weight is 454 g/mol. The Bertz CT molecular complexity index is 729. The lowest BCUT2D eigenvalue weighted by atomic mass is 9.96. The number of ether oxygens (including phenoxy) is 2. The maximum atomic E-state index is 12.6. The lowest BCUT2D eigenvalue weighted by molar-refractivity contribution is -0.126. The largest absolute Gasteiger partial charge is 0.462 e. The number of rotatable bonds is 12. The minimum Gasteiger partial charge on any atom is -0.462 e. The third kappa shape index (κ3) is 8.23. The van der Waals surface area contributed by atoms with Gasteiger partial charge in [0.25, 0.3) is 0 Å². The number of aryl methyl sites for hydroxylation is 1. The van der Waals surface area contributed by atoms with Gasteiger partial charge in [-0.1, -0.05) is 6.92 Å². The van der Waals surface area contributed by atoms with Crippen molar-refractivity contribution in [2.45, 2.75) is 46.5 Å². The lowest BCUT2D eigenvalue weighted by Gasteiger charge is -2.30. The number of nitrogens with zero attached hydrogens (tertiary/aromatic N) is 1. The molecule has 1 aromatic heterocycles. The molecule has 0 aromatic carbocycles. The zero-order valence-corrected chi connectivity index (χ0v) is 19.6. The molecule has 0 radical (unpaired) electrons. The van der Waals surface area contributed by atoms with Gasteiger partial charge in [0.2, 0.25) is 11.8 Å². The van der Waals surface area contributed by atoms with Crippen molar-refractivity contribution in [2.24, 2.45) is 5.92 Å². The summed E-state index contributed by atoms with van der Waals surface area (Å²) in [6.07, 6.45) is 3.07. The Morgan fingerprint density at radius 1 is 1.16 bits per heavy atom. The first-order valence-electron chi connectivity index (χ1n) is 11.2. The molecule has 0 atom stereocenters. The predicted octanol–water partition coefficient (Wildman–Crippen LogP) is 2.68. The summed E-state index contributed by atoms with van der Waals surface area (Å²) < 4.78 is 10.4. The van der Waals surface area contributed by atoms with Gasteiger partial charge in [-0.25, -0.2) is 4.79 Å². The molecular formula is C22H35N3O5S. The summed E-state index contributed by atoms with van der Waals surface area (Å²) in [5, 5.41) is 6.39. The molecule has 2 amide bonds. The molecule has 1 aromatic rings. The Labute approximate surface area is 188 Å². The number of piperidine rings is 1. The molecule has 0 unspecified atom stereocenters. The van der Waals surface area contributed by atoms with Crippen LogP contribution in [0, 0.1) is 5.92 Å². The van der Waals surface area contributed by atoms with E-state index in [-0.39, 0.29) is 24.3 Å². The van der Waals surface area contributed by atoms with Gasteiger partial charge in [0, 0.05) is 30.6 Å². The minimum absolute atomic E-state index is 0.00812. The van der Waals surface area contributed by atoms with E-state index >= 15 is 0 Å². The van der Waals surface area contributed by atoms with Crippen LogP contribution < -0.4 is 10.6 Å². The molecule has 9 heteroatoms. The molecular weight excluding hydrogens is 418 g/mol. The SMILES string of the molecule is CCOCCCNC(=O)C1CCN(CC(=O)Nc2sc(CC)cc2C(=O)OCC)CC1. The van der Waals surface area contributed by atoms with E-state index in [0.717, 1.165) is 30.6 Å². The second-order valence-corrected chi connectivity index (χ2v) is 8.61. The van der Waals surface area contributed by atoms with Crippen molar-refractivity contribution < 1.29 is 23.9 Å². The molecule has 0 saturated carbocycles. The highest BCUT2D eigenvalue weighted by Gasteiger charge is 2.26. The van der Waals surface area contributed by atoms with Gasteiger partial charge in [-0.2, -0.15) is 0 Å². The van der Waals surface area contributed by atoms with E-state index in [1.807, 2.05) is 18.7 Å². The number of nitrogens with one attached hydrogen (secondary N) is 2. The molecule has 2 heterocycles. The number of carbonyl (C=O) groups is 3. The van der Waals surface area contributed by atoms with Crippen LogP contribution in [0.15, 0.2) is 6.07 Å². The van der Waals surface area contributed by atoms with Crippen molar-refractivity contribution >= 4 is 34.1 Å². The summed E-state index contributed by atoms with van der Waals surface area (Å²) in [7, 11) is 0. The molecule has 1 fully saturated rings. The highest BCUT2D eigenvalue weighted by molar-refractivity contribution is 7.16. The quantitative estimate of drug-likeness (QED) is 0.373. The third-order valence-corrected chi connectivity index (χ3v) is 6.37. The van der Waals surface area contributed by atoms with Gasteiger partial charge in [0.05, 0.1) is 18.7 Å².